The summed E-state index contributed by atoms with van der Waals surface area (Å²) in [6.07, 6.45) is -3.90. The van der Waals surface area contributed by atoms with Gasteiger partial charge in [0.1, 0.15) is 12.6 Å². The van der Waals surface area contributed by atoms with E-state index >= 15 is 0 Å². The Morgan fingerprint density at radius 2 is 1.56 bits per heavy atom. The number of halogens is 5. The van der Waals surface area contributed by atoms with E-state index in [0.29, 0.717) is 21.5 Å². The van der Waals surface area contributed by atoms with Crippen LogP contribution in [0.1, 0.15) is 23.6 Å². The second kappa shape index (κ2) is 13.6. The van der Waals surface area contributed by atoms with E-state index in [-0.39, 0.29) is 35.2 Å². The van der Waals surface area contributed by atoms with Crippen LogP contribution in [0.5, 0.6) is 0 Å². The lowest BCUT2D eigenvalue weighted by Gasteiger charge is -2.34. The third-order valence-electron chi connectivity index (χ3n) is 6.15. The minimum Gasteiger partial charge on any atom is -0.355 e. The molecule has 0 aliphatic carbocycles. The molecule has 0 heterocycles. The molecule has 13 heteroatoms. The minimum absolute atomic E-state index is 0.0585. The average Bonchev–Trinajstić information content (AvgIpc) is 2.90. The Balaban J connectivity index is 2.11. The maximum atomic E-state index is 14.0. The van der Waals surface area contributed by atoms with Gasteiger partial charge in [-0.05, 0) is 42.8 Å². The van der Waals surface area contributed by atoms with E-state index in [9.17, 15) is 31.2 Å². The number of nitrogens with one attached hydrogen (secondary N) is 1. The molecule has 0 saturated heterocycles. The predicted octanol–water partition coefficient (Wildman–Crippen LogP) is 5.55. The van der Waals surface area contributed by atoms with E-state index in [0.717, 1.165) is 29.4 Å². The van der Waals surface area contributed by atoms with Gasteiger partial charge < -0.3 is 10.2 Å². The zero-order valence-corrected chi connectivity index (χ0v) is 24.5. The molecule has 0 aliphatic rings. The van der Waals surface area contributed by atoms with E-state index in [2.05, 4.69) is 5.32 Å². The molecule has 0 aromatic heterocycles. The molecule has 0 saturated carbocycles. The summed E-state index contributed by atoms with van der Waals surface area (Å²) in [5, 5.41) is 3.12. The lowest BCUT2D eigenvalue weighted by atomic mass is 10.0. The molecule has 3 aromatic carbocycles. The van der Waals surface area contributed by atoms with Gasteiger partial charge in [-0.3, -0.25) is 13.9 Å². The Labute approximate surface area is 246 Å². The fraction of sp³-hybridized carbons (Fsp3) is 0.286. The quantitative estimate of drug-likeness (QED) is 0.301. The third kappa shape index (κ3) is 8.61. The van der Waals surface area contributed by atoms with Gasteiger partial charge in [0.2, 0.25) is 21.8 Å². The van der Waals surface area contributed by atoms with E-state index in [4.69, 9.17) is 23.2 Å². The molecule has 220 valence electrons. The summed E-state index contributed by atoms with van der Waals surface area (Å²) >= 11 is 12.8. The molecule has 3 rings (SSSR count). The van der Waals surface area contributed by atoms with Crippen LogP contribution in [0.25, 0.3) is 0 Å². The number of hydrogen-bond acceptors (Lipinski definition) is 4. The van der Waals surface area contributed by atoms with Crippen LogP contribution in [-0.4, -0.2) is 50.5 Å². The predicted molar refractivity (Wildman–Crippen MR) is 153 cm³/mol. The number of rotatable bonds is 11. The summed E-state index contributed by atoms with van der Waals surface area (Å²) in [7, 11) is -4.25. The number of likely N-dealkylation sites (N-methyl/N-ethyl adjacent to an activating group) is 1. The zero-order chi connectivity index (χ0) is 30.4. The normalized spacial score (nSPS) is 12.5. The topological polar surface area (TPSA) is 86.8 Å². The molecule has 0 radical (unpaired) electrons. The summed E-state index contributed by atoms with van der Waals surface area (Å²) < 4.78 is 66.3. The van der Waals surface area contributed by atoms with Gasteiger partial charge in [0.05, 0.1) is 17.5 Å². The SMILES string of the molecule is CCNC(=O)[C@H](Cc1ccccc1)N(Cc1c(Cl)cccc1Cl)C(=O)CN(c1cccc(C(F)(F)F)c1)S(C)(=O)=O. The maximum Gasteiger partial charge on any atom is 0.416 e. The highest BCUT2D eigenvalue weighted by molar-refractivity contribution is 7.92. The van der Waals surface area contributed by atoms with Crippen molar-refractivity contribution in [3.63, 3.8) is 0 Å². The molecule has 0 bridgehead atoms. The number of carbonyl (C=O) groups is 2. The number of benzene rings is 3. The molecular formula is C28H28Cl2F3N3O4S. The Morgan fingerprint density at radius 1 is 0.951 bits per heavy atom. The average molecular weight is 631 g/mol. The molecule has 0 spiro atoms. The van der Waals surface area contributed by atoms with Crippen LogP contribution in [0.4, 0.5) is 18.9 Å². The molecule has 1 N–H and O–H groups in total. The highest BCUT2D eigenvalue weighted by atomic mass is 35.5. The fourth-order valence-electron chi connectivity index (χ4n) is 4.15. The van der Waals surface area contributed by atoms with E-state index in [1.807, 2.05) is 0 Å². The number of amides is 2. The Kier molecular flexibility index (Phi) is 10.7. The van der Waals surface area contributed by atoms with E-state index < -0.39 is 46.2 Å². The Hall–Kier alpha value is -3.28. The van der Waals surface area contributed by atoms with Gasteiger partial charge in [-0.15, -0.1) is 0 Å². The summed E-state index contributed by atoms with van der Waals surface area (Å²) in [6.45, 7) is 0.797. The van der Waals surface area contributed by atoms with Crippen molar-refractivity contribution in [2.24, 2.45) is 0 Å². The first-order valence-electron chi connectivity index (χ1n) is 12.4. The third-order valence-corrected chi connectivity index (χ3v) is 8.00. The van der Waals surface area contributed by atoms with E-state index in [1.54, 1.807) is 55.5 Å². The van der Waals surface area contributed by atoms with Gasteiger partial charge in [-0.25, -0.2) is 8.42 Å². The van der Waals surface area contributed by atoms with Crippen LogP contribution in [0.3, 0.4) is 0 Å². The summed E-state index contributed by atoms with van der Waals surface area (Å²) in [6, 6.07) is 16.1. The van der Waals surface area contributed by atoms with Gasteiger partial charge in [0, 0.05) is 35.1 Å². The minimum atomic E-state index is -4.74. The van der Waals surface area contributed by atoms with Crippen LogP contribution in [0, 0.1) is 0 Å². The molecule has 0 aliphatic heterocycles. The number of nitrogens with zero attached hydrogens (tertiary/aromatic N) is 2. The van der Waals surface area contributed by atoms with Crippen molar-refractivity contribution in [2.75, 3.05) is 23.7 Å². The summed E-state index contributed by atoms with van der Waals surface area (Å²) in [5.74, 6) is -1.37. The number of anilines is 1. The summed E-state index contributed by atoms with van der Waals surface area (Å²) in [5.41, 5.74) is -0.412. The van der Waals surface area contributed by atoms with Gasteiger partial charge in [-0.1, -0.05) is 65.7 Å². The molecular weight excluding hydrogens is 602 g/mol. The summed E-state index contributed by atoms with van der Waals surface area (Å²) in [4.78, 5) is 28.4. The van der Waals surface area contributed by atoms with Gasteiger partial charge in [-0.2, -0.15) is 13.2 Å². The molecule has 3 aromatic rings. The monoisotopic (exact) mass is 629 g/mol. The highest BCUT2D eigenvalue weighted by Gasteiger charge is 2.35. The maximum absolute atomic E-state index is 14.0. The second-order valence-electron chi connectivity index (χ2n) is 9.14. The number of hydrogen-bond donors (Lipinski definition) is 1. The molecule has 2 amide bonds. The molecule has 7 nitrogen and oxygen atoms in total. The van der Waals surface area contributed by atoms with E-state index in [1.165, 1.54) is 0 Å². The van der Waals surface area contributed by atoms with Crippen molar-refractivity contribution in [1.82, 2.24) is 10.2 Å². The van der Waals surface area contributed by atoms with Gasteiger partial charge in [0.25, 0.3) is 0 Å². The van der Waals surface area contributed by atoms with Crippen LogP contribution in [0.15, 0.2) is 72.8 Å². The number of carbonyl (C=O) groups excluding carboxylic acids is 2. The lowest BCUT2D eigenvalue weighted by molar-refractivity contribution is -0.140. The molecule has 0 unspecified atom stereocenters. The van der Waals surface area contributed by atoms with Crippen molar-refractivity contribution >= 4 is 50.7 Å². The Bertz CT molecular complexity index is 1470. The first-order valence-corrected chi connectivity index (χ1v) is 15.0. The molecule has 0 fully saturated rings. The standard InChI is InChI=1S/C28H28Cl2F3N3O4S/c1-3-34-27(38)25(15-19-9-5-4-6-10-19)35(17-22-23(29)13-8-14-24(22)30)26(37)18-36(41(2,39)40)21-12-7-11-20(16-21)28(31,32)33/h4-14,16,25H,3,15,17-18H2,1-2H3,(H,34,38)/t25-/m0/s1. The van der Waals surface area contributed by atoms with Gasteiger partial charge >= 0.3 is 6.18 Å². The van der Waals surface area contributed by atoms with Crippen LogP contribution < -0.4 is 9.62 Å². The van der Waals surface area contributed by atoms with Crippen molar-refractivity contribution in [2.45, 2.75) is 32.1 Å². The molecule has 41 heavy (non-hydrogen) atoms. The zero-order valence-electron chi connectivity index (χ0n) is 22.2. The van der Waals surface area contributed by atoms with Crippen molar-refractivity contribution in [3.05, 3.63) is 99.5 Å². The van der Waals surface area contributed by atoms with Crippen LogP contribution in [-0.2, 0) is 38.8 Å². The Morgan fingerprint density at radius 3 is 2.12 bits per heavy atom. The second-order valence-corrected chi connectivity index (χ2v) is 11.9. The van der Waals surface area contributed by atoms with Crippen molar-refractivity contribution in [1.29, 1.82) is 0 Å². The largest absolute Gasteiger partial charge is 0.416 e. The van der Waals surface area contributed by atoms with Gasteiger partial charge in [0.15, 0.2) is 0 Å². The highest BCUT2D eigenvalue weighted by Crippen LogP contribution is 2.33. The molecule has 1 atom stereocenters. The van der Waals surface area contributed by atoms with Crippen LogP contribution in [0.2, 0.25) is 10.0 Å². The smallest absolute Gasteiger partial charge is 0.355 e. The number of sulfonamides is 1. The van der Waals surface area contributed by atoms with Crippen LogP contribution >= 0.6 is 23.2 Å². The van der Waals surface area contributed by atoms with Crippen molar-refractivity contribution < 1.29 is 31.2 Å². The van der Waals surface area contributed by atoms with Crippen molar-refractivity contribution in [3.8, 4) is 0 Å². The first kappa shape index (κ1) is 32.2. The first-order chi connectivity index (χ1) is 19.2. The lowest BCUT2D eigenvalue weighted by Crippen LogP contribution is -2.53. The number of alkyl halides is 3. The fourth-order valence-corrected chi connectivity index (χ4v) is 5.51.